The average Bonchev–Trinajstić information content (AvgIpc) is 2.25. The van der Waals surface area contributed by atoms with E-state index in [1.807, 2.05) is 37.4 Å². The van der Waals surface area contributed by atoms with Gasteiger partial charge in [0.15, 0.2) is 0 Å². The summed E-state index contributed by atoms with van der Waals surface area (Å²) in [6.07, 6.45) is 0.121. The molecule has 3 nitrogen and oxygen atoms in total. The summed E-state index contributed by atoms with van der Waals surface area (Å²) in [4.78, 5) is 11.3. The number of hydrogen-bond donors (Lipinski definition) is 1. The zero-order valence-corrected chi connectivity index (χ0v) is 11.0. The highest BCUT2D eigenvalue weighted by molar-refractivity contribution is 8.06. The SMILES string of the molecule is CC(C)OCC(=O)NCC1CSCCS1. The lowest BCUT2D eigenvalue weighted by molar-refractivity contribution is -0.127. The monoisotopic (exact) mass is 249 g/mol. The number of rotatable bonds is 5. The highest BCUT2D eigenvalue weighted by atomic mass is 32.2. The van der Waals surface area contributed by atoms with Gasteiger partial charge in [0, 0.05) is 29.1 Å². The van der Waals surface area contributed by atoms with Crippen LogP contribution in [0, 0.1) is 0 Å². The Balaban J connectivity index is 2.05. The molecule has 5 heteroatoms. The molecule has 1 amide bonds. The molecule has 0 saturated carbocycles. The normalized spacial score (nSPS) is 21.7. The van der Waals surface area contributed by atoms with Crippen LogP contribution in [0.4, 0.5) is 0 Å². The van der Waals surface area contributed by atoms with Gasteiger partial charge in [-0.2, -0.15) is 23.5 Å². The number of carbonyl (C=O) groups is 1. The van der Waals surface area contributed by atoms with Gasteiger partial charge < -0.3 is 10.1 Å². The molecule has 0 aromatic rings. The molecule has 0 aliphatic carbocycles. The van der Waals surface area contributed by atoms with Crippen molar-refractivity contribution >= 4 is 29.4 Å². The lowest BCUT2D eigenvalue weighted by Gasteiger charge is -2.21. The van der Waals surface area contributed by atoms with Gasteiger partial charge in [-0.1, -0.05) is 0 Å². The van der Waals surface area contributed by atoms with E-state index in [1.54, 1.807) is 0 Å². The molecule has 0 aromatic heterocycles. The van der Waals surface area contributed by atoms with Crippen molar-refractivity contribution in [3.05, 3.63) is 0 Å². The van der Waals surface area contributed by atoms with Crippen LogP contribution in [0.2, 0.25) is 0 Å². The molecule has 0 radical (unpaired) electrons. The van der Waals surface area contributed by atoms with E-state index in [0.717, 1.165) is 12.3 Å². The molecule has 1 aliphatic rings. The maximum atomic E-state index is 11.3. The van der Waals surface area contributed by atoms with Crippen molar-refractivity contribution in [2.45, 2.75) is 25.2 Å². The minimum atomic E-state index is -0.000117. The van der Waals surface area contributed by atoms with E-state index < -0.39 is 0 Å². The van der Waals surface area contributed by atoms with Crippen LogP contribution in [0.1, 0.15) is 13.8 Å². The summed E-state index contributed by atoms with van der Waals surface area (Å²) in [5.41, 5.74) is 0. The Kier molecular flexibility index (Phi) is 6.52. The lowest BCUT2D eigenvalue weighted by atomic mass is 10.4. The molecular weight excluding hydrogens is 230 g/mol. The van der Waals surface area contributed by atoms with E-state index in [0.29, 0.717) is 5.25 Å². The number of amides is 1. The summed E-state index contributed by atoms with van der Waals surface area (Å²) in [5.74, 6) is 3.59. The van der Waals surface area contributed by atoms with Crippen LogP contribution in [0.15, 0.2) is 0 Å². The summed E-state index contributed by atoms with van der Waals surface area (Å²) in [6, 6.07) is 0. The maximum absolute atomic E-state index is 11.3. The van der Waals surface area contributed by atoms with Crippen LogP contribution in [-0.2, 0) is 9.53 Å². The Labute approximate surface area is 100 Å². The number of carbonyl (C=O) groups excluding carboxylic acids is 1. The molecule has 1 aliphatic heterocycles. The lowest BCUT2D eigenvalue weighted by Crippen LogP contribution is -2.36. The van der Waals surface area contributed by atoms with Crippen molar-refractivity contribution in [1.29, 1.82) is 0 Å². The zero-order valence-electron chi connectivity index (χ0n) is 9.32. The van der Waals surface area contributed by atoms with Crippen molar-refractivity contribution in [3.63, 3.8) is 0 Å². The fourth-order valence-electron chi connectivity index (χ4n) is 1.18. The molecule has 1 atom stereocenters. The molecule has 1 fully saturated rings. The first kappa shape index (κ1) is 13.2. The predicted molar refractivity (Wildman–Crippen MR) is 67.7 cm³/mol. The second-order valence-corrected chi connectivity index (χ2v) is 6.29. The number of ether oxygens (including phenoxy) is 1. The molecule has 0 spiro atoms. The van der Waals surface area contributed by atoms with Crippen molar-refractivity contribution in [2.24, 2.45) is 0 Å². The van der Waals surface area contributed by atoms with Gasteiger partial charge in [0.25, 0.3) is 0 Å². The Bertz CT molecular complexity index is 194. The summed E-state index contributed by atoms with van der Waals surface area (Å²) < 4.78 is 5.22. The van der Waals surface area contributed by atoms with E-state index in [9.17, 15) is 4.79 Å². The van der Waals surface area contributed by atoms with Crippen LogP contribution >= 0.6 is 23.5 Å². The molecular formula is C10H19NO2S2. The van der Waals surface area contributed by atoms with E-state index in [4.69, 9.17) is 4.74 Å². The second-order valence-electron chi connectivity index (χ2n) is 3.73. The topological polar surface area (TPSA) is 38.3 Å². The fraction of sp³-hybridized carbons (Fsp3) is 0.900. The molecule has 1 saturated heterocycles. The molecule has 1 N–H and O–H groups in total. The summed E-state index contributed by atoms with van der Waals surface area (Å²) in [5, 5.41) is 3.49. The van der Waals surface area contributed by atoms with Gasteiger partial charge in [0.05, 0.1) is 6.10 Å². The zero-order chi connectivity index (χ0) is 11.1. The molecule has 1 unspecified atom stereocenters. The third kappa shape index (κ3) is 6.33. The Morgan fingerprint density at radius 3 is 2.93 bits per heavy atom. The van der Waals surface area contributed by atoms with E-state index >= 15 is 0 Å². The maximum Gasteiger partial charge on any atom is 0.246 e. The fourth-order valence-corrected chi connectivity index (χ4v) is 3.79. The molecule has 0 aromatic carbocycles. The quantitative estimate of drug-likeness (QED) is 0.799. The van der Waals surface area contributed by atoms with Crippen LogP contribution in [0.3, 0.4) is 0 Å². The number of nitrogens with one attached hydrogen (secondary N) is 1. The molecule has 1 heterocycles. The van der Waals surface area contributed by atoms with E-state index in [1.165, 1.54) is 11.5 Å². The van der Waals surface area contributed by atoms with E-state index in [2.05, 4.69) is 5.32 Å². The first-order valence-corrected chi connectivity index (χ1v) is 7.46. The third-order valence-electron chi connectivity index (χ3n) is 1.96. The Hall–Kier alpha value is 0.130. The van der Waals surface area contributed by atoms with Gasteiger partial charge in [-0.3, -0.25) is 4.79 Å². The highest BCUT2D eigenvalue weighted by Gasteiger charge is 2.15. The first-order valence-electron chi connectivity index (χ1n) is 5.26. The summed E-state index contributed by atoms with van der Waals surface area (Å²) in [7, 11) is 0. The largest absolute Gasteiger partial charge is 0.369 e. The van der Waals surface area contributed by atoms with Gasteiger partial charge in [-0.25, -0.2) is 0 Å². The van der Waals surface area contributed by atoms with Crippen LogP contribution in [0.5, 0.6) is 0 Å². The summed E-state index contributed by atoms with van der Waals surface area (Å²) in [6.45, 7) is 4.82. The Morgan fingerprint density at radius 2 is 2.33 bits per heavy atom. The van der Waals surface area contributed by atoms with Gasteiger partial charge in [0.1, 0.15) is 6.61 Å². The second kappa shape index (κ2) is 7.41. The third-order valence-corrected chi connectivity index (χ3v) is 4.80. The molecule has 15 heavy (non-hydrogen) atoms. The van der Waals surface area contributed by atoms with Gasteiger partial charge in [-0.05, 0) is 13.8 Å². The number of hydrogen-bond acceptors (Lipinski definition) is 4. The minimum Gasteiger partial charge on any atom is -0.369 e. The van der Waals surface area contributed by atoms with Crippen LogP contribution in [-0.4, -0.2) is 47.7 Å². The molecule has 88 valence electrons. The van der Waals surface area contributed by atoms with Crippen LogP contribution in [0.25, 0.3) is 0 Å². The van der Waals surface area contributed by atoms with Crippen molar-refractivity contribution in [1.82, 2.24) is 5.32 Å². The summed E-state index contributed by atoms with van der Waals surface area (Å²) >= 11 is 3.92. The van der Waals surface area contributed by atoms with E-state index in [-0.39, 0.29) is 18.6 Å². The standard InChI is InChI=1S/C10H19NO2S2/c1-8(2)13-6-10(12)11-5-9-7-14-3-4-15-9/h8-9H,3-7H2,1-2H3,(H,11,12). The van der Waals surface area contributed by atoms with Crippen molar-refractivity contribution in [2.75, 3.05) is 30.4 Å². The van der Waals surface area contributed by atoms with Gasteiger partial charge >= 0.3 is 0 Å². The van der Waals surface area contributed by atoms with Crippen molar-refractivity contribution < 1.29 is 9.53 Å². The minimum absolute atomic E-state index is 0.000117. The van der Waals surface area contributed by atoms with Crippen LogP contribution < -0.4 is 5.32 Å². The Morgan fingerprint density at radius 1 is 1.53 bits per heavy atom. The predicted octanol–water partition coefficient (Wildman–Crippen LogP) is 1.38. The average molecular weight is 249 g/mol. The molecule has 0 bridgehead atoms. The van der Waals surface area contributed by atoms with Gasteiger partial charge in [-0.15, -0.1) is 0 Å². The first-order chi connectivity index (χ1) is 7.18. The van der Waals surface area contributed by atoms with Crippen molar-refractivity contribution in [3.8, 4) is 0 Å². The van der Waals surface area contributed by atoms with Gasteiger partial charge in [0.2, 0.25) is 5.91 Å². The number of thioether (sulfide) groups is 2. The molecule has 1 rings (SSSR count). The smallest absolute Gasteiger partial charge is 0.246 e. The highest BCUT2D eigenvalue weighted by Crippen LogP contribution is 2.23.